The Kier molecular flexibility index (Phi) is 9.73. The smallest absolute Gasteiger partial charge is 0.198 e. The molecule has 6 aromatic heterocycles. The first-order valence-electron chi connectivity index (χ1n) is 25.1. The number of hydrogen-bond donors (Lipinski definition) is 0. The first-order valence-corrected chi connectivity index (χ1v) is 28.4. The molecular formula is C61H68N4S4+2. The van der Waals surface area contributed by atoms with Crippen LogP contribution in [0.3, 0.4) is 0 Å². The lowest BCUT2D eigenvalue weighted by Gasteiger charge is -2.40. The van der Waals surface area contributed by atoms with Crippen LogP contribution in [0, 0.1) is 21.7 Å². The largest absolute Gasteiger partial charge is 0.553 e. The minimum absolute atomic E-state index is 0.205. The van der Waals surface area contributed by atoms with Gasteiger partial charge in [0.25, 0.3) is 0 Å². The van der Waals surface area contributed by atoms with E-state index in [9.17, 15) is 0 Å². The summed E-state index contributed by atoms with van der Waals surface area (Å²) in [5.41, 5.74) is 19.5. The van der Waals surface area contributed by atoms with Crippen LogP contribution in [0.4, 0.5) is 0 Å². The molecule has 1 unspecified atom stereocenters. The van der Waals surface area contributed by atoms with E-state index in [-0.39, 0.29) is 21.7 Å². The summed E-state index contributed by atoms with van der Waals surface area (Å²) in [7, 11) is 0. The number of nitrogens with zero attached hydrogens (tertiary/aromatic N) is 4. The summed E-state index contributed by atoms with van der Waals surface area (Å²) in [6.45, 7) is 38.0. The Hall–Kier alpha value is -4.60. The third-order valence-corrected chi connectivity index (χ3v) is 19.2. The molecule has 12 rings (SSSR count). The van der Waals surface area contributed by atoms with Crippen molar-refractivity contribution in [2.24, 2.45) is 21.7 Å². The third kappa shape index (κ3) is 6.81. The highest BCUT2D eigenvalue weighted by Crippen LogP contribution is 2.57. The van der Waals surface area contributed by atoms with Gasteiger partial charge in [0.1, 0.15) is 0 Å². The van der Waals surface area contributed by atoms with Crippen LogP contribution < -0.4 is 10.7 Å². The highest BCUT2D eigenvalue weighted by atomic mass is 32.1. The van der Waals surface area contributed by atoms with Crippen molar-refractivity contribution < 1.29 is 9.15 Å². The van der Waals surface area contributed by atoms with Gasteiger partial charge in [-0.05, 0) is 136 Å². The van der Waals surface area contributed by atoms with E-state index in [0.29, 0.717) is 0 Å². The van der Waals surface area contributed by atoms with E-state index in [0.717, 1.165) is 25.7 Å². The summed E-state index contributed by atoms with van der Waals surface area (Å²) < 4.78 is 11.2. The van der Waals surface area contributed by atoms with E-state index in [1.807, 2.05) is 45.3 Å². The van der Waals surface area contributed by atoms with Gasteiger partial charge < -0.3 is 0 Å². The second-order valence-corrected chi connectivity index (χ2v) is 30.3. The summed E-state index contributed by atoms with van der Waals surface area (Å²) >= 11 is 7.96. The molecule has 0 saturated carbocycles. The molecule has 0 fully saturated rings. The molecule has 1 spiro atoms. The molecule has 354 valence electrons. The Morgan fingerprint density at radius 2 is 0.957 bits per heavy atom. The maximum absolute atomic E-state index is 2.81. The van der Waals surface area contributed by atoms with Crippen molar-refractivity contribution in [2.45, 2.75) is 142 Å². The van der Waals surface area contributed by atoms with Crippen molar-refractivity contribution in [1.82, 2.24) is 9.13 Å². The molecular weight excluding hydrogens is 917 g/mol. The van der Waals surface area contributed by atoms with E-state index in [2.05, 4.69) is 202 Å². The molecule has 0 aromatic carbocycles. The molecule has 69 heavy (non-hydrogen) atoms. The molecule has 12 heterocycles. The van der Waals surface area contributed by atoms with Gasteiger partial charge in [-0.25, -0.2) is 0 Å². The summed E-state index contributed by atoms with van der Waals surface area (Å²) in [5.74, 6) is -0.802. The molecule has 0 saturated heterocycles. The number of thiophene rings is 4. The zero-order valence-electron chi connectivity index (χ0n) is 43.7. The second-order valence-electron chi connectivity index (χ2n) is 25.6. The zero-order valence-corrected chi connectivity index (χ0v) is 46.9. The molecule has 6 aliphatic heterocycles. The van der Waals surface area contributed by atoms with Gasteiger partial charge in [0.05, 0.1) is 33.2 Å². The van der Waals surface area contributed by atoms with Gasteiger partial charge in [0.2, 0.25) is 22.8 Å². The monoisotopic (exact) mass is 984 g/mol. The first kappa shape index (κ1) is 45.5. The Bertz CT molecular complexity index is 3620. The summed E-state index contributed by atoms with van der Waals surface area (Å²) in [4.78, 5) is 11.2. The molecule has 0 radical (unpaired) electrons. The summed E-state index contributed by atoms with van der Waals surface area (Å²) in [5, 5.41) is 2.64. The first-order chi connectivity index (χ1) is 32.3. The second kappa shape index (κ2) is 14.7. The fourth-order valence-electron chi connectivity index (χ4n) is 12.3. The lowest BCUT2D eigenvalue weighted by atomic mass is 9.91. The maximum atomic E-state index is 2.81. The van der Waals surface area contributed by atoms with Crippen molar-refractivity contribution in [1.29, 1.82) is 0 Å². The molecule has 0 bridgehead atoms. The van der Waals surface area contributed by atoms with Gasteiger partial charge in [-0.15, -0.1) is 45.3 Å². The summed E-state index contributed by atoms with van der Waals surface area (Å²) in [6, 6.07) is 24.5. The Labute approximate surface area is 426 Å². The van der Waals surface area contributed by atoms with Crippen LogP contribution in [0.25, 0.3) is 54.3 Å². The third-order valence-electron chi connectivity index (χ3n) is 14.7. The highest BCUT2D eigenvalue weighted by Gasteiger charge is 2.74. The minimum Gasteiger partial charge on any atom is -0.198 e. The van der Waals surface area contributed by atoms with Crippen LogP contribution in [0.5, 0.6) is 0 Å². The van der Waals surface area contributed by atoms with E-state index in [4.69, 9.17) is 0 Å². The predicted octanol–water partition coefficient (Wildman–Crippen LogP) is 15.3. The zero-order chi connectivity index (χ0) is 48.8. The standard InChI is InChI=1S/C61H68N4S4/c1-33-45-25-42(50-22-18-38(67-50)30-58(8,9)10)54-35(3)47-27-44(52-24-20-40(69-52)32-60(14,15)16)56-36(4)48-28-43(51-23-19-39(68-51)31-59(11,12)13)55-34(2)46-26-41(49-21-17-37(66-49)29-57(5,6)7)53(33)63(46)61(62(45)54,64(47)56)65(48)55/h17-28H,29-32H2,1-16H3/q+2. The van der Waals surface area contributed by atoms with Crippen LogP contribution in [0.2, 0.25) is 0 Å². The molecule has 6 aliphatic rings. The number of allylic oxidation sites excluding steroid dienone is 6. The normalized spacial score (nSPS) is 19.5. The van der Waals surface area contributed by atoms with Crippen LogP contribution in [0.1, 0.15) is 151 Å². The average Bonchev–Trinajstić information content (AvgIpc) is 4.07. The van der Waals surface area contributed by atoms with Crippen LogP contribution in [-0.4, -0.2) is 29.7 Å². The predicted molar refractivity (Wildman–Crippen MR) is 299 cm³/mol. The highest BCUT2D eigenvalue weighted by molar-refractivity contribution is 7.16. The van der Waals surface area contributed by atoms with Crippen LogP contribution in [-0.2, 0) is 31.6 Å². The van der Waals surface area contributed by atoms with Crippen molar-refractivity contribution in [3.8, 4) is 20.9 Å². The van der Waals surface area contributed by atoms with Gasteiger partial charge in [-0.1, -0.05) is 92.2 Å². The maximum Gasteiger partial charge on any atom is 0.553 e. The van der Waals surface area contributed by atoms with Gasteiger partial charge in [0, 0.05) is 84.6 Å². The topological polar surface area (TPSA) is 15.9 Å². The lowest BCUT2D eigenvalue weighted by Crippen LogP contribution is -2.71. The molecule has 0 amide bonds. The number of hydrogen-bond acceptors (Lipinski definition) is 4. The lowest BCUT2D eigenvalue weighted by molar-refractivity contribution is -0.834. The van der Waals surface area contributed by atoms with Gasteiger partial charge in [0.15, 0.2) is 0 Å². The molecule has 0 aliphatic carbocycles. The quantitative estimate of drug-likeness (QED) is 0.135. The SMILES string of the molecule is CC1=C2C(c3ccc(CC(C)(C)C)s3)=CC3=[N+]2C24n5c1cc(-c1ccc(CC(C)(C)C)s1)c5C(C)=C1C=C(c5ccc(CC(C)(C)C)s5)C(=[N+]12)C(C)=c1cc(-c2ccc(CC(C)(C)C)s2)c(n14)=C3C. The Morgan fingerprint density at radius 3 is 1.48 bits per heavy atom. The molecule has 0 N–H and O–H groups in total. The van der Waals surface area contributed by atoms with E-state index in [1.165, 1.54) is 128 Å². The van der Waals surface area contributed by atoms with Crippen molar-refractivity contribution in [3.05, 3.63) is 136 Å². The van der Waals surface area contributed by atoms with Crippen molar-refractivity contribution in [3.63, 3.8) is 0 Å². The van der Waals surface area contributed by atoms with Crippen molar-refractivity contribution in [2.75, 3.05) is 0 Å². The number of aromatic nitrogens is 2. The molecule has 6 aromatic rings. The average molecular weight is 986 g/mol. The van der Waals surface area contributed by atoms with E-state index >= 15 is 0 Å². The fourth-order valence-corrected chi connectivity index (χ4v) is 17.6. The van der Waals surface area contributed by atoms with Crippen molar-refractivity contribution >= 4 is 90.2 Å². The van der Waals surface area contributed by atoms with Gasteiger partial charge in [-0.2, -0.15) is 9.13 Å². The minimum atomic E-state index is -0.802. The molecule has 4 nitrogen and oxygen atoms in total. The van der Waals surface area contributed by atoms with E-state index < -0.39 is 5.91 Å². The van der Waals surface area contributed by atoms with Crippen LogP contribution >= 0.6 is 45.3 Å². The number of rotatable bonds is 8. The molecule has 1 atom stereocenters. The fraction of sp³-hybridized carbons (Fsp3) is 0.410. The van der Waals surface area contributed by atoms with E-state index in [1.54, 1.807) is 0 Å². The van der Waals surface area contributed by atoms with Gasteiger partial charge >= 0.3 is 5.91 Å². The molecule has 8 heteroatoms. The van der Waals surface area contributed by atoms with Crippen LogP contribution in [0.15, 0.2) is 84.2 Å². The Balaban J connectivity index is 1.22. The van der Waals surface area contributed by atoms with Gasteiger partial charge in [-0.3, -0.25) is 0 Å². The Morgan fingerprint density at radius 1 is 0.478 bits per heavy atom. The summed E-state index contributed by atoms with van der Waals surface area (Å²) in [6.07, 6.45) is 9.41.